The monoisotopic (exact) mass is 402 g/mol. The minimum atomic E-state index is -0.127. The number of imidazole rings is 1. The summed E-state index contributed by atoms with van der Waals surface area (Å²) in [5.41, 5.74) is 2.12. The molecular formula is C22H22N6O2. The summed E-state index contributed by atoms with van der Waals surface area (Å²) in [5, 5.41) is 10.1. The molecule has 8 nitrogen and oxygen atoms in total. The van der Waals surface area contributed by atoms with Gasteiger partial charge in [0, 0.05) is 37.8 Å². The maximum Gasteiger partial charge on any atom is 0.274 e. The molecule has 0 bridgehead atoms. The molecule has 8 heteroatoms. The summed E-state index contributed by atoms with van der Waals surface area (Å²) in [6, 6.07) is 13.6. The Kier molecular flexibility index (Phi) is 4.74. The fraction of sp³-hybridized carbons (Fsp3) is 0.318. The molecule has 2 amide bonds. The molecule has 1 saturated heterocycles. The molecule has 3 aromatic rings. The van der Waals surface area contributed by atoms with Crippen LogP contribution in [0.2, 0.25) is 0 Å². The highest BCUT2D eigenvalue weighted by Gasteiger charge is 2.35. The Bertz CT molecular complexity index is 1070. The van der Waals surface area contributed by atoms with Crippen LogP contribution in [0.15, 0.2) is 60.0 Å². The minimum Gasteiger partial charge on any atom is -0.337 e. The first-order valence-corrected chi connectivity index (χ1v) is 10.2. The van der Waals surface area contributed by atoms with Gasteiger partial charge in [-0.25, -0.2) is 14.5 Å². The molecule has 2 aliphatic heterocycles. The molecule has 4 heterocycles. The highest BCUT2D eigenvalue weighted by Crippen LogP contribution is 2.31. The summed E-state index contributed by atoms with van der Waals surface area (Å²) < 4.78 is 1.60. The third-order valence-electron chi connectivity index (χ3n) is 5.83. The van der Waals surface area contributed by atoms with Crippen LogP contribution in [0, 0.1) is 5.92 Å². The molecule has 2 aliphatic rings. The van der Waals surface area contributed by atoms with Crippen molar-refractivity contribution in [3.63, 3.8) is 0 Å². The molecule has 1 aromatic carbocycles. The number of rotatable bonds is 3. The van der Waals surface area contributed by atoms with Gasteiger partial charge in [0.2, 0.25) is 5.91 Å². The van der Waals surface area contributed by atoms with Gasteiger partial charge >= 0.3 is 0 Å². The van der Waals surface area contributed by atoms with Crippen LogP contribution >= 0.6 is 0 Å². The van der Waals surface area contributed by atoms with Gasteiger partial charge in [-0.1, -0.05) is 30.3 Å². The predicted molar refractivity (Wildman–Crippen MR) is 111 cm³/mol. The highest BCUT2D eigenvalue weighted by molar-refractivity contribution is 5.93. The Labute approximate surface area is 173 Å². The quantitative estimate of drug-likeness (QED) is 0.674. The molecule has 0 spiro atoms. The van der Waals surface area contributed by atoms with E-state index in [0.717, 1.165) is 12.0 Å². The lowest BCUT2D eigenvalue weighted by molar-refractivity contribution is -0.138. The predicted octanol–water partition coefficient (Wildman–Crippen LogP) is 2.54. The summed E-state index contributed by atoms with van der Waals surface area (Å²) in [7, 11) is 0. The van der Waals surface area contributed by atoms with Crippen molar-refractivity contribution in [3.05, 3.63) is 66.1 Å². The van der Waals surface area contributed by atoms with E-state index < -0.39 is 0 Å². The third kappa shape index (κ3) is 3.34. The molecule has 2 aromatic heterocycles. The van der Waals surface area contributed by atoms with Gasteiger partial charge in [0.15, 0.2) is 5.65 Å². The minimum absolute atomic E-state index is 0.0381. The van der Waals surface area contributed by atoms with E-state index in [-0.39, 0.29) is 23.8 Å². The lowest BCUT2D eigenvalue weighted by Gasteiger charge is -2.33. The fourth-order valence-electron chi connectivity index (χ4n) is 4.19. The smallest absolute Gasteiger partial charge is 0.274 e. The number of carbonyl (C=O) groups is 2. The van der Waals surface area contributed by atoms with Crippen LogP contribution in [0.5, 0.6) is 0 Å². The summed E-state index contributed by atoms with van der Waals surface area (Å²) >= 11 is 0. The molecule has 1 fully saturated rings. The third-order valence-corrected chi connectivity index (χ3v) is 5.83. The van der Waals surface area contributed by atoms with Crippen molar-refractivity contribution < 1.29 is 9.59 Å². The van der Waals surface area contributed by atoms with Gasteiger partial charge in [0.25, 0.3) is 5.91 Å². The van der Waals surface area contributed by atoms with Crippen molar-refractivity contribution in [2.24, 2.45) is 11.0 Å². The van der Waals surface area contributed by atoms with E-state index in [9.17, 15) is 9.59 Å². The molecule has 1 unspecified atom stereocenters. The first-order valence-electron chi connectivity index (χ1n) is 10.2. The molecule has 30 heavy (non-hydrogen) atoms. The number of piperidine rings is 1. The summed E-state index contributed by atoms with van der Waals surface area (Å²) in [5.74, 6) is -0.201. The van der Waals surface area contributed by atoms with E-state index in [4.69, 9.17) is 0 Å². The summed E-state index contributed by atoms with van der Waals surface area (Å²) in [6.45, 7) is 1.06. The van der Waals surface area contributed by atoms with E-state index in [2.05, 4.69) is 15.2 Å². The highest BCUT2D eigenvalue weighted by atomic mass is 16.2. The second-order valence-electron chi connectivity index (χ2n) is 7.66. The number of hydrazone groups is 1. The van der Waals surface area contributed by atoms with Crippen molar-refractivity contribution >= 4 is 23.7 Å². The van der Waals surface area contributed by atoms with E-state index in [0.29, 0.717) is 37.3 Å². The zero-order chi connectivity index (χ0) is 20.5. The summed E-state index contributed by atoms with van der Waals surface area (Å²) in [6.07, 6.45) is 7.11. The molecule has 1 atom stereocenters. The Hall–Kier alpha value is -3.55. The Balaban J connectivity index is 1.23. The molecule has 0 aliphatic carbocycles. The number of amides is 2. The Morgan fingerprint density at radius 2 is 1.80 bits per heavy atom. The number of hydrogen-bond donors (Lipinski definition) is 0. The van der Waals surface area contributed by atoms with Crippen LogP contribution in [0.3, 0.4) is 0 Å². The fourth-order valence-corrected chi connectivity index (χ4v) is 4.19. The normalized spacial score (nSPS) is 19.5. The van der Waals surface area contributed by atoms with Crippen LogP contribution in [0.25, 0.3) is 5.65 Å². The molecule has 5 rings (SSSR count). The van der Waals surface area contributed by atoms with E-state index in [1.165, 1.54) is 0 Å². The van der Waals surface area contributed by atoms with Crippen molar-refractivity contribution in [3.8, 4) is 0 Å². The summed E-state index contributed by atoms with van der Waals surface area (Å²) in [4.78, 5) is 32.1. The number of benzene rings is 1. The number of fused-ring (bicyclic) bond motifs is 1. The second kappa shape index (κ2) is 7.70. The first-order chi connectivity index (χ1) is 14.7. The lowest BCUT2D eigenvalue weighted by atomic mass is 9.94. The number of nitrogens with zero attached hydrogens (tertiary/aromatic N) is 6. The van der Waals surface area contributed by atoms with Crippen LogP contribution < -0.4 is 0 Å². The molecular weight excluding hydrogens is 380 g/mol. The average molecular weight is 402 g/mol. The van der Waals surface area contributed by atoms with Crippen molar-refractivity contribution in [1.29, 1.82) is 0 Å². The molecule has 0 N–H and O–H groups in total. The van der Waals surface area contributed by atoms with Gasteiger partial charge < -0.3 is 4.90 Å². The van der Waals surface area contributed by atoms with Gasteiger partial charge in [-0.15, -0.1) is 0 Å². The van der Waals surface area contributed by atoms with E-state index in [1.54, 1.807) is 32.9 Å². The van der Waals surface area contributed by atoms with Crippen molar-refractivity contribution in [1.82, 2.24) is 24.5 Å². The average Bonchev–Trinajstić information content (AvgIpc) is 3.46. The lowest BCUT2D eigenvalue weighted by Crippen LogP contribution is -2.43. The molecule has 0 radical (unpaired) electrons. The Morgan fingerprint density at radius 1 is 1.00 bits per heavy atom. The number of carbonyl (C=O) groups excluding carboxylic acids is 2. The second-order valence-corrected chi connectivity index (χ2v) is 7.66. The zero-order valence-corrected chi connectivity index (χ0v) is 16.5. The molecule has 152 valence electrons. The van der Waals surface area contributed by atoms with E-state index in [1.807, 2.05) is 42.6 Å². The SMILES string of the molecule is O=C(c1cn2ncccc2n1)N1CCC(C(=O)N2N=CCC2c2ccccc2)CC1. The van der Waals surface area contributed by atoms with Crippen molar-refractivity contribution in [2.75, 3.05) is 13.1 Å². The maximum absolute atomic E-state index is 13.1. The standard InChI is InChI=1S/C22H22N6O2/c29-21(28-19(8-12-24-28)16-5-2-1-3-6-16)17-9-13-26(14-10-17)22(30)18-15-27-20(25-18)7-4-11-23-27/h1-7,11-12,15,17,19H,8-10,13-14H2. The van der Waals surface area contributed by atoms with Crippen LogP contribution in [-0.2, 0) is 4.79 Å². The van der Waals surface area contributed by atoms with Gasteiger partial charge in [-0.2, -0.15) is 10.2 Å². The van der Waals surface area contributed by atoms with Crippen LogP contribution in [-0.4, -0.2) is 55.6 Å². The van der Waals surface area contributed by atoms with Crippen molar-refractivity contribution in [2.45, 2.75) is 25.3 Å². The first kappa shape index (κ1) is 18.5. The van der Waals surface area contributed by atoms with Crippen LogP contribution in [0.4, 0.5) is 0 Å². The maximum atomic E-state index is 13.1. The Morgan fingerprint density at radius 3 is 2.57 bits per heavy atom. The van der Waals surface area contributed by atoms with Gasteiger partial charge in [0.1, 0.15) is 5.69 Å². The van der Waals surface area contributed by atoms with Crippen LogP contribution in [0.1, 0.15) is 41.4 Å². The van der Waals surface area contributed by atoms with Gasteiger partial charge in [-0.3, -0.25) is 9.59 Å². The largest absolute Gasteiger partial charge is 0.337 e. The van der Waals surface area contributed by atoms with Gasteiger partial charge in [-0.05, 0) is 30.5 Å². The zero-order valence-electron chi connectivity index (χ0n) is 16.5. The number of aromatic nitrogens is 3. The topological polar surface area (TPSA) is 83.2 Å². The number of likely N-dealkylation sites (tertiary alicyclic amines) is 1. The molecule has 0 saturated carbocycles. The number of hydrogen-bond acceptors (Lipinski definition) is 5. The van der Waals surface area contributed by atoms with E-state index >= 15 is 0 Å². The van der Waals surface area contributed by atoms with Gasteiger partial charge in [0.05, 0.1) is 12.2 Å².